The number of aliphatic hydroxyl groups is 1. The third kappa shape index (κ3) is 3.50. The number of hydrogen-bond donors (Lipinski definition) is 2. The normalized spacial score (nSPS) is 21.5. The predicted octanol–water partition coefficient (Wildman–Crippen LogP) is 2.94. The quantitative estimate of drug-likeness (QED) is 0.893. The molecule has 0 saturated carbocycles. The molecule has 0 radical (unpaired) electrons. The summed E-state index contributed by atoms with van der Waals surface area (Å²) < 4.78 is 1.11. The van der Waals surface area contributed by atoms with Crippen molar-refractivity contribution in [2.24, 2.45) is 5.92 Å². The molecule has 1 heterocycles. The molecule has 19 heavy (non-hydrogen) atoms. The van der Waals surface area contributed by atoms with E-state index in [1.165, 1.54) is 11.3 Å². The number of halogens is 1. The maximum Gasteiger partial charge on any atom is 0.0476 e. The minimum absolute atomic E-state index is 0.296. The van der Waals surface area contributed by atoms with E-state index in [-0.39, 0.29) is 0 Å². The van der Waals surface area contributed by atoms with Crippen LogP contribution in [-0.2, 0) is 0 Å². The fourth-order valence-corrected chi connectivity index (χ4v) is 3.13. The zero-order valence-electron chi connectivity index (χ0n) is 11.7. The van der Waals surface area contributed by atoms with Crippen LogP contribution in [0.3, 0.4) is 0 Å². The van der Waals surface area contributed by atoms with Crippen LogP contribution < -0.4 is 10.2 Å². The first kappa shape index (κ1) is 14.8. The Morgan fingerprint density at radius 1 is 1.53 bits per heavy atom. The summed E-state index contributed by atoms with van der Waals surface area (Å²) in [5.41, 5.74) is 2.61. The van der Waals surface area contributed by atoms with Crippen LogP contribution in [0.15, 0.2) is 22.7 Å². The molecule has 1 fully saturated rings. The van der Waals surface area contributed by atoms with Gasteiger partial charge in [-0.3, -0.25) is 0 Å². The Morgan fingerprint density at radius 2 is 2.32 bits per heavy atom. The van der Waals surface area contributed by atoms with Crippen molar-refractivity contribution in [2.45, 2.75) is 25.8 Å². The average Bonchev–Trinajstić information content (AvgIpc) is 2.46. The topological polar surface area (TPSA) is 35.5 Å². The van der Waals surface area contributed by atoms with Gasteiger partial charge in [-0.05, 0) is 56.5 Å². The van der Waals surface area contributed by atoms with Crippen molar-refractivity contribution in [3.63, 3.8) is 0 Å². The summed E-state index contributed by atoms with van der Waals surface area (Å²) in [6.07, 6.45) is 2.30. The molecule has 4 heteroatoms. The van der Waals surface area contributed by atoms with Crippen molar-refractivity contribution < 1.29 is 5.11 Å². The Labute approximate surface area is 124 Å². The van der Waals surface area contributed by atoms with Crippen LogP contribution in [0.4, 0.5) is 5.69 Å². The first-order valence-electron chi connectivity index (χ1n) is 6.98. The Balaban J connectivity index is 2.27. The van der Waals surface area contributed by atoms with Crippen LogP contribution in [0, 0.1) is 5.92 Å². The van der Waals surface area contributed by atoms with Gasteiger partial charge in [0, 0.05) is 35.9 Å². The highest BCUT2D eigenvalue weighted by molar-refractivity contribution is 9.10. The molecule has 1 aliphatic heterocycles. The zero-order valence-corrected chi connectivity index (χ0v) is 13.3. The van der Waals surface area contributed by atoms with Gasteiger partial charge in [-0.25, -0.2) is 0 Å². The van der Waals surface area contributed by atoms with Crippen molar-refractivity contribution >= 4 is 21.6 Å². The summed E-state index contributed by atoms with van der Waals surface area (Å²) in [6, 6.07) is 6.80. The monoisotopic (exact) mass is 326 g/mol. The number of benzene rings is 1. The highest BCUT2D eigenvalue weighted by Crippen LogP contribution is 2.32. The van der Waals surface area contributed by atoms with Crippen LogP contribution >= 0.6 is 15.9 Å². The lowest BCUT2D eigenvalue weighted by molar-refractivity contribution is 0.208. The average molecular weight is 327 g/mol. The van der Waals surface area contributed by atoms with E-state index in [1.54, 1.807) is 0 Å². The molecule has 0 bridgehead atoms. The molecule has 0 amide bonds. The summed E-state index contributed by atoms with van der Waals surface area (Å²) in [7, 11) is 1.99. The van der Waals surface area contributed by atoms with Gasteiger partial charge in [0.2, 0.25) is 0 Å². The van der Waals surface area contributed by atoms with E-state index in [2.05, 4.69) is 51.3 Å². The van der Waals surface area contributed by atoms with Crippen LogP contribution in [-0.4, -0.2) is 31.9 Å². The third-order valence-corrected chi connectivity index (χ3v) is 4.50. The summed E-state index contributed by atoms with van der Waals surface area (Å²) in [5, 5.41) is 12.7. The van der Waals surface area contributed by atoms with E-state index in [1.807, 2.05) is 7.05 Å². The molecule has 1 aromatic carbocycles. The largest absolute Gasteiger partial charge is 0.396 e. The Kier molecular flexibility index (Phi) is 5.25. The molecule has 1 saturated heterocycles. The van der Waals surface area contributed by atoms with E-state index >= 15 is 0 Å². The second-order valence-electron chi connectivity index (χ2n) is 5.35. The van der Waals surface area contributed by atoms with Crippen LogP contribution in [0.2, 0.25) is 0 Å². The fourth-order valence-electron chi connectivity index (χ4n) is 2.75. The van der Waals surface area contributed by atoms with Gasteiger partial charge >= 0.3 is 0 Å². The Morgan fingerprint density at radius 3 is 3.00 bits per heavy atom. The van der Waals surface area contributed by atoms with E-state index in [9.17, 15) is 5.11 Å². The maximum absolute atomic E-state index is 9.38. The summed E-state index contributed by atoms with van der Waals surface area (Å²) in [4.78, 5) is 2.42. The number of nitrogens with one attached hydrogen (secondary N) is 1. The van der Waals surface area contributed by atoms with Gasteiger partial charge in [-0.2, -0.15) is 0 Å². The number of aliphatic hydroxyl groups excluding tert-OH is 1. The van der Waals surface area contributed by atoms with E-state index in [4.69, 9.17) is 0 Å². The minimum atomic E-state index is 0.296. The van der Waals surface area contributed by atoms with Crippen LogP contribution in [0.1, 0.15) is 31.4 Å². The third-order valence-electron chi connectivity index (χ3n) is 4.01. The summed E-state index contributed by atoms with van der Waals surface area (Å²) >= 11 is 3.56. The molecule has 2 atom stereocenters. The summed E-state index contributed by atoms with van der Waals surface area (Å²) in [6.45, 7) is 4.52. The van der Waals surface area contributed by atoms with Gasteiger partial charge < -0.3 is 15.3 Å². The van der Waals surface area contributed by atoms with Crippen LogP contribution in [0.25, 0.3) is 0 Å². The number of nitrogens with zero attached hydrogens (tertiary/aromatic N) is 1. The van der Waals surface area contributed by atoms with Gasteiger partial charge in [-0.1, -0.05) is 15.9 Å². The Bertz CT molecular complexity index is 425. The lowest BCUT2D eigenvalue weighted by Crippen LogP contribution is -2.37. The predicted molar refractivity (Wildman–Crippen MR) is 83.6 cm³/mol. The highest BCUT2D eigenvalue weighted by Gasteiger charge is 2.22. The number of hydrogen-bond acceptors (Lipinski definition) is 3. The molecule has 1 aliphatic rings. The molecule has 2 rings (SSSR count). The second kappa shape index (κ2) is 6.73. The lowest BCUT2D eigenvalue weighted by atomic mass is 9.96. The van der Waals surface area contributed by atoms with Gasteiger partial charge in [0.15, 0.2) is 0 Å². The molecule has 0 aliphatic carbocycles. The van der Waals surface area contributed by atoms with Gasteiger partial charge in [-0.15, -0.1) is 0 Å². The SMILES string of the molecule is CNC(C)c1cc(Br)ccc1N1CCCC(CO)C1. The van der Waals surface area contributed by atoms with Crippen molar-refractivity contribution in [1.82, 2.24) is 5.32 Å². The number of piperidine rings is 1. The fraction of sp³-hybridized carbons (Fsp3) is 0.600. The molecular weight excluding hydrogens is 304 g/mol. The molecule has 0 spiro atoms. The first-order chi connectivity index (χ1) is 9.15. The molecule has 106 valence electrons. The minimum Gasteiger partial charge on any atom is -0.396 e. The standard InChI is InChI=1S/C15H23BrN2O/c1-11(17-2)14-8-13(16)5-6-15(14)18-7-3-4-12(9-18)10-19/h5-6,8,11-12,17,19H,3-4,7,9-10H2,1-2H3. The second-order valence-corrected chi connectivity index (χ2v) is 6.27. The molecular formula is C15H23BrN2O. The molecule has 1 aromatic rings. The van der Waals surface area contributed by atoms with Gasteiger partial charge in [0.05, 0.1) is 0 Å². The lowest BCUT2D eigenvalue weighted by Gasteiger charge is -2.35. The molecule has 2 unspecified atom stereocenters. The van der Waals surface area contributed by atoms with Crippen molar-refractivity contribution in [1.29, 1.82) is 0 Å². The van der Waals surface area contributed by atoms with Gasteiger partial charge in [0.1, 0.15) is 0 Å². The Hall–Kier alpha value is -0.580. The van der Waals surface area contributed by atoms with E-state index < -0.39 is 0 Å². The van der Waals surface area contributed by atoms with E-state index in [0.717, 1.165) is 30.4 Å². The number of rotatable bonds is 4. The molecule has 3 nitrogen and oxygen atoms in total. The highest BCUT2D eigenvalue weighted by atomic mass is 79.9. The molecule has 2 N–H and O–H groups in total. The van der Waals surface area contributed by atoms with Gasteiger partial charge in [0.25, 0.3) is 0 Å². The van der Waals surface area contributed by atoms with Crippen molar-refractivity contribution in [3.8, 4) is 0 Å². The first-order valence-corrected chi connectivity index (χ1v) is 7.77. The zero-order chi connectivity index (χ0) is 13.8. The van der Waals surface area contributed by atoms with Crippen molar-refractivity contribution in [2.75, 3.05) is 31.6 Å². The van der Waals surface area contributed by atoms with Crippen LogP contribution in [0.5, 0.6) is 0 Å². The van der Waals surface area contributed by atoms with Crippen molar-refractivity contribution in [3.05, 3.63) is 28.2 Å². The molecule has 0 aromatic heterocycles. The van der Waals surface area contributed by atoms with E-state index in [0.29, 0.717) is 18.6 Å². The maximum atomic E-state index is 9.38. The number of anilines is 1. The smallest absolute Gasteiger partial charge is 0.0476 e. The summed E-state index contributed by atoms with van der Waals surface area (Å²) in [5.74, 6) is 0.412.